The zero-order chi connectivity index (χ0) is 14.3. The lowest BCUT2D eigenvalue weighted by molar-refractivity contribution is 0.180. The third kappa shape index (κ3) is 5.62. The largest absolute Gasteiger partial charge is 0.497 e. The molecule has 19 heavy (non-hydrogen) atoms. The number of aliphatic hydroxyl groups excluding tert-OH is 1. The third-order valence-electron chi connectivity index (χ3n) is 3.30. The van der Waals surface area contributed by atoms with Crippen molar-refractivity contribution in [1.82, 2.24) is 5.32 Å². The van der Waals surface area contributed by atoms with E-state index in [9.17, 15) is 5.11 Å². The third-order valence-corrected chi connectivity index (χ3v) is 3.30. The summed E-state index contributed by atoms with van der Waals surface area (Å²) in [6.07, 6.45) is 1.64. The van der Waals surface area contributed by atoms with Gasteiger partial charge in [0.05, 0.1) is 13.2 Å². The molecule has 0 aliphatic heterocycles. The molecule has 1 aromatic carbocycles. The van der Waals surface area contributed by atoms with E-state index in [-0.39, 0.29) is 6.10 Å². The van der Waals surface area contributed by atoms with E-state index in [1.54, 1.807) is 7.11 Å². The van der Waals surface area contributed by atoms with E-state index in [2.05, 4.69) is 31.3 Å². The summed E-state index contributed by atoms with van der Waals surface area (Å²) in [5, 5.41) is 12.8. The van der Waals surface area contributed by atoms with E-state index in [4.69, 9.17) is 4.74 Å². The highest BCUT2D eigenvalue weighted by molar-refractivity contribution is 5.29. The Morgan fingerprint density at radius 3 is 2.26 bits per heavy atom. The quantitative estimate of drug-likeness (QED) is 0.710. The maximum absolute atomic E-state index is 9.26. The molecule has 0 saturated carbocycles. The minimum atomic E-state index is -0.208. The Labute approximate surface area is 117 Å². The number of rotatable bonds is 8. The minimum Gasteiger partial charge on any atom is -0.497 e. The van der Waals surface area contributed by atoms with Gasteiger partial charge in [-0.05, 0) is 49.9 Å². The second-order valence-electron chi connectivity index (χ2n) is 5.44. The summed E-state index contributed by atoms with van der Waals surface area (Å²) in [4.78, 5) is 0. The molecule has 0 aromatic heterocycles. The molecule has 108 valence electrons. The van der Waals surface area contributed by atoms with Crippen molar-refractivity contribution < 1.29 is 9.84 Å². The van der Waals surface area contributed by atoms with E-state index in [1.807, 2.05) is 19.1 Å². The van der Waals surface area contributed by atoms with Crippen LogP contribution in [-0.2, 0) is 0 Å². The number of nitrogens with one attached hydrogen (secondary N) is 1. The van der Waals surface area contributed by atoms with Gasteiger partial charge >= 0.3 is 0 Å². The molecule has 0 saturated heterocycles. The van der Waals surface area contributed by atoms with Crippen LogP contribution < -0.4 is 10.1 Å². The second-order valence-corrected chi connectivity index (χ2v) is 5.44. The fourth-order valence-electron chi connectivity index (χ4n) is 2.20. The van der Waals surface area contributed by atoms with Crippen molar-refractivity contribution in [2.75, 3.05) is 13.7 Å². The number of benzene rings is 1. The van der Waals surface area contributed by atoms with Crippen LogP contribution in [0.15, 0.2) is 24.3 Å². The molecule has 0 aliphatic rings. The minimum absolute atomic E-state index is 0.208. The van der Waals surface area contributed by atoms with E-state index in [0.717, 1.165) is 25.1 Å². The van der Waals surface area contributed by atoms with Gasteiger partial charge in [0.25, 0.3) is 0 Å². The molecule has 0 spiro atoms. The van der Waals surface area contributed by atoms with Crippen molar-refractivity contribution in [3.05, 3.63) is 29.8 Å². The molecule has 0 aliphatic carbocycles. The zero-order valence-corrected chi connectivity index (χ0v) is 12.5. The lowest BCUT2D eigenvalue weighted by Crippen LogP contribution is -2.27. The Balaban J connectivity index is 2.56. The zero-order valence-electron chi connectivity index (χ0n) is 12.5. The number of methoxy groups -OCH3 is 1. The van der Waals surface area contributed by atoms with Crippen molar-refractivity contribution in [3.8, 4) is 5.75 Å². The molecule has 1 rings (SSSR count). The first-order valence-corrected chi connectivity index (χ1v) is 7.10. The predicted octanol–water partition coefficient (Wildman–Crippen LogP) is 3.14. The molecule has 0 bridgehead atoms. The van der Waals surface area contributed by atoms with Crippen LogP contribution in [0.2, 0.25) is 0 Å². The van der Waals surface area contributed by atoms with Crippen molar-refractivity contribution in [2.45, 2.75) is 45.8 Å². The molecule has 2 atom stereocenters. The van der Waals surface area contributed by atoms with Crippen LogP contribution in [0.5, 0.6) is 5.75 Å². The van der Waals surface area contributed by atoms with Crippen molar-refractivity contribution >= 4 is 0 Å². The highest BCUT2D eigenvalue weighted by Crippen LogP contribution is 2.23. The fraction of sp³-hybridized carbons (Fsp3) is 0.625. The summed E-state index contributed by atoms with van der Waals surface area (Å²) < 4.78 is 5.19. The van der Waals surface area contributed by atoms with Crippen LogP contribution in [0.1, 0.15) is 45.2 Å². The van der Waals surface area contributed by atoms with E-state index in [0.29, 0.717) is 12.0 Å². The average molecular weight is 265 g/mol. The lowest BCUT2D eigenvalue weighted by Gasteiger charge is -2.23. The average Bonchev–Trinajstić information content (AvgIpc) is 2.38. The summed E-state index contributed by atoms with van der Waals surface area (Å²) in [6.45, 7) is 7.20. The smallest absolute Gasteiger partial charge is 0.118 e. The summed E-state index contributed by atoms with van der Waals surface area (Å²) in [5.74, 6) is 1.42. The number of hydrogen-bond donors (Lipinski definition) is 2. The van der Waals surface area contributed by atoms with Gasteiger partial charge in [0, 0.05) is 6.04 Å². The fourth-order valence-corrected chi connectivity index (χ4v) is 2.20. The molecule has 2 N–H and O–H groups in total. The molecular formula is C16H27NO2. The Hall–Kier alpha value is -1.06. The maximum atomic E-state index is 9.26. The number of ether oxygens (including phenoxy) is 1. The monoisotopic (exact) mass is 265 g/mol. The van der Waals surface area contributed by atoms with Gasteiger partial charge in [-0.1, -0.05) is 26.0 Å². The van der Waals surface area contributed by atoms with Gasteiger partial charge in [0.15, 0.2) is 0 Å². The van der Waals surface area contributed by atoms with Crippen LogP contribution in [0.3, 0.4) is 0 Å². The summed E-state index contributed by atoms with van der Waals surface area (Å²) >= 11 is 0. The van der Waals surface area contributed by atoms with Crippen LogP contribution in [-0.4, -0.2) is 24.9 Å². The van der Waals surface area contributed by atoms with E-state index >= 15 is 0 Å². The normalized spacial score (nSPS) is 14.4. The Bertz CT molecular complexity index is 346. The molecule has 3 nitrogen and oxygen atoms in total. The SMILES string of the molecule is COc1ccc([C@@H](NCCC[C@@H](C)O)C(C)C)cc1. The lowest BCUT2D eigenvalue weighted by atomic mass is 9.96. The summed E-state index contributed by atoms with van der Waals surface area (Å²) in [7, 11) is 1.68. The summed E-state index contributed by atoms with van der Waals surface area (Å²) in [6, 6.07) is 8.58. The standard InChI is InChI=1S/C16H27NO2/c1-12(2)16(17-11-5-6-13(3)18)14-7-9-15(19-4)10-8-14/h7-10,12-13,16-18H,5-6,11H2,1-4H3/t13-,16+/m1/s1. The summed E-state index contributed by atoms with van der Waals surface area (Å²) in [5.41, 5.74) is 1.29. The first-order chi connectivity index (χ1) is 9.04. The molecule has 1 aromatic rings. The van der Waals surface area contributed by atoms with E-state index < -0.39 is 0 Å². The van der Waals surface area contributed by atoms with E-state index in [1.165, 1.54) is 5.56 Å². The molecule has 0 fully saturated rings. The van der Waals surface area contributed by atoms with Gasteiger partial charge in [-0.15, -0.1) is 0 Å². The van der Waals surface area contributed by atoms with Gasteiger partial charge in [-0.25, -0.2) is 0 Å². The maximum Gasteiger partial charge on any atom is 0.118 e. The second kappa shape index (κ2) is 8.18. The first-order valence-electron chi connectivity index (χ1n) is 7.10. The number of aliphatic hydroxyl groups is 1. The van der Waals surface area contributed by atoms with Gasteiger partial charge < -0.3 is 15.2 Å². The Morgan fingerprint density at radius 1 is 1.16 bits per heavy atom. The highest BCUT2D eigenvalue weighted by atomic mass is 16.5. The first kappa shape index (κ1) is 16.0. The van der Waals surface area contributed by atoms with Crippen molar-refractivity contribution in [1.29, 1.82) is 0 Å². The molecule has 0 amide bonds. The molecule has 3 heteroatoms. The van der Waals surface area contributed by atoms with Gasteiger partial charge in [-0.3, -0.25) is 0 Å². The Kier molecular flexibility index (Phi) is 6.89. The van der Waals surface area contributed by atoms with Gasteiger partial charge in [0.1, 0.15) is 5.75 Å². The van der Waals surface area contributed by atoms with Crippen LogP contribution in [0.25, 0.3) is 0 Å². The van der Waals surface area contributed by atoms with Crippen molar-refractivity contribution in [2.24, 2.45) is 5.92 Å². The molecule has 0 radical (unpaired) electrons. The van der Waals surface area contributed by atoms with Crippen LogP contribution in [0, 0.1) is 5.92 Å². The number of hydrogen-bond acceptors (Lipinski definition) is 3. The highest BCUT2D eigenvalue weighted by Gasteiger charge is 2.14. The molecular weight excluding hydrogens is 238 g/mol. The van der Waals surface area contributed by atoms with Crippen LogP contribution >= 0.6 is 0 Å². The molecule has 0 unspecified atom stereocenters. The van der Waals surface area contributed by atoms with Crippen molar-refractivity contribution in [3.63, 3.8) is 0 Å². The Morgan fingerprint density at radius 2 is 1.79 bits per heavy atom. The van der Waals surface area contributed by atoms with Gasteiger partial charge in [0.2, 0.25) is 0 Å². The topological polar surface area (TPSA) is 41.5 Å². The predicted molar refractivity (Wildman–Crippen MR) is 79.5 cm³/mol. The van der Waals surface area contributed by atoms with Gasteiger partial charge in [-0.2, -0.15) is 0 Å². The van der Waals surface area contributed by atoms with Crippen LogP contribution in [0.4, 0.5) is 0 Å². The molecule has 0 heterocycles.